The molecule has 0 heterocycles. The van der Waals surface area contributed by atoms with E-state index in [1.54, 1.807) is 0 Å². The Kier molecular flexibility index (Phi) is 18.2. The summed E-state index contributed by atoms with van der Waals surface area (Å²) in [5.41, 5.74) is 0. The third-order valence-corrected chi connectivity index (χ3v) is 5.14. The van der Waals surface area contributed by atoms with E-state index in [0.29, 0.717) is 6.42 Å². The molecule has 0 saturated carbocycles. The molecule has 0 radical (unpaired) electrons. The number of carbonyl (C=O) groups is 6. The van der Waals surface area contributed by atoms with Gasteiger partial charge < -0.3 is 28.4 Å². The molecule has 0 aromatic carbocycles. The van der Waals surface area contributed by atoms with Crippen LogP contribution in [0.15, 0.2) is 0 Å². The maximum atomic E-state index is 12.3. The van der Waals surface area contributed by atoms with E-state index in [4.69, 9.17) is 28.4 Å². The second kappa shape index (κ2) is 19.9. The SMILES string of the molecule is CCCCCCCCCC(=O)OCC(OC(C)=O)C(OC(C)=O)C(OC(C)=O)C(COC(C)=O)OC(C)=O. The standard InChI is InChI=1S/C26H42O12/c1-7-8-9-10-11-12-13-14-24(32)34-16-23(36-19(4)29)26(38-21(6)31)25(37-20(5)30)22(35-18(3)28)15-33-17(2)27/h22-23,25-26H,7-16H2,1-6H3. The van der Waals surface area contributed by atoms with Crippen LogP contribution in [0, 0.1) is 0 Å². The summed E-state index contributed by atoms with van der Waals surface area (Å²) in [6.07, 6.45) is 1.15. The number of rotatable bonds is 19. The highest BCUT2D eigenvalue weighted by molar-refractivity contribution is 5.70. The van der Waals surface area contributed by atoms with Gasteiger partial charge in [0, 0.05) is 41.0 Å². The van der Waals surface area contributed by atoms with Gasteiger partial charge in [-0.05, 0) is 6.42 Å². The molecule has 0 N–H and O–H groups in total. The Bertz CT molecular complexity index is 778. The molecule has 4 unspecified atom stereocenters. The number of hydrogen-bond donors (Lipinski definition) is 0. The van der Waals surface area contributed by atoms with Crippen molar-refractivity contribution in [3.05, 3.63) is 0 Å². The minimum atomic E-state index is -1.58. The molecular weight excluding hydrogens is 504 g/mol. The molecule has 0 spiro atoms. The molecule has 12 heteroatoms. The van der Waals surface area contributed by atoms with E-state index < -0.39 is 73.4 Å². The van der Waals surface area contributed by atoms with Gasteiger partial charge in [0.15, 0.2) is 24.4 Å². The van der Waals surface area contributed by atoms with Crippen LogP contribution < -0.4 is 0 Å². The quantitative estimate of drug-likeness (QED) is 0.133. The highest BCUT2D eigenvalue weighted by atomic mass is 16.6. The molecule has 4 atom stereocenters. The third kappa shape index (κ3) is 17.3. The molecule has 0 rings (SSSR count). The fourth-order valence-corrected chi connectivity index (χ4v) is 3.58. The number of carbonyl (C=O) groups excluding carboxylic acids is 6. The highest BCUT2D eigenvalue weighted by Gasteiger charge is 2.44. The van der Waals surface area contributed by atoms with Gasteiger partial charge in [-0.15, -0.1) is 0 Å². The summed E-state index contributed by atoms with van der Waals surface area (Å²) in [6, 6.07) is 0. The first-order valence-corrected chi connectivity index (χ1v) is 12.8. The van der Waals surface area contributed by atoms with Crippen LogP contribution in [0.4, 0.5) is 0 Å². The lowest BCUT2D eigenvalue weighted by Gasteiger charge is -2.35. The molecule has 218 valence electrons. The first-order valence-electron chi connectivity index (χ1n) is 12.8. The Morgan fingerprint density at radius 1 is 0.500 bits per heavy atom. The molecule has 0 aliphatic rings. The Hall–Kier alpha value is -3.18. The van der Waals surface area contributed by atoms with Crippen molar-refractivity contribution < 1.29 is 57.2 Å². The van der Waals surface area contributed by atoms with Crippen LogP contribution in [0.3, 0.4) is 0 Å². The van der Waals surface area contributed by atoms with E-state index in [2.05, 4.69) is 6.92 Å². The minimum Gasteiger partial charge on any atom is -0.462 e. The maximum absolute atomic E-state index is 12.3. The Morgan fingerprint density at radius 3 is 1.29 bits per heavy atom. The number of hydrogen-bond acceptors (Lipinski definition) is 12. The normalized spacial score (nSPS) is 13.7. The second-order valence-corrected chi connectivity index (χ2v) is 8.80. The molecule has 0 saturated heterocycles. The summed E-state index contributed by atoms with van der Waals surface area (Å²) in [6.45, 7) is 6.42. The lowest BCUT2D eigenvalue weighted by atomic mass is 10.0. The van der Waals surface area contributed by atoms with Crippen LogP contribution in [-0.4, -0.2) is 73.4 Å². The average molecular weight is 547 g/mol. The largest absolute Gasteiger partial charge is 0.462 e. The van der Waals surface area contributed by atoms with E-state index in [0.717, 1.165) is 66.7 Å². The van der Waals surface area contributed by atoms with Gasteiger partial charge in [-0.1, -0.05) is 45.4 Å². The summed E-state index contributed by atoms with van der Waals surface area (Å²) in [7, 11) is 0. The van der Waals surface area contributed by atoms with E-state index in [1.165, 1.54) is 6.42 Å². The predicted octanol–water partition coefficient (Wildman–Crippen LogP) is 2.96. The van der Waals surface area contributed by atoms with Gasteiger partial charge in [0.05, 0.1) is 0 Å². The molecule has 0 fully saturated rings. The van der Waals surface area contributed by atoms with Crippen molar-refractivity contribution in [2.75, 3.05) is 13.2 Å². The lowest BCUT2D eigenvalue weighted by molar-refractivity contribution is -0.206. The zero-order valence-corrected chi connectivity index (χ0v) is 23.3. The van der Waals surface area contributed by atoms with E-state index >= 15 is 0 Å². The number of esters is 6. The van der Waals surface area contributed by atoms with Gasteiger partial charge in [0.25, 0.3) is 0 Å². The molecule has 0 aliphatic carbocycles. The molecule has 0 amide bonds. The van der Waals surface area contributed by atoms with E-state index in [9.17, 15) is 28.8 Å². The van der Waals surface area contributed by atoms with Crippen molar-refractivity contribution in [1.29, 1.82) is 0 Å². The molecule has 0 aliphatic heterocycles. The van der Waals surface area contributed by atoms with Gasteiger partial charge >= 0.3 is 35.8 Å². The Labute approximate surface area is 224 Å². The maximum Gasteiger partial charge on any atom is 0.305 e. The topological polar surface area (TPSA) is 158 Å². The highest BCUT2D eigenvalue weighted by Crippen LogP contribution is 2.21. The average Bonchev–Trinajstić information content (AvgIpc) is 2.80. The lowest BCUT2D eigenvalue weighted by Crippen LogP contribution is -2.54. The first-order chi connectivity index (χ1) is 17.9. The smallest absolute Gasteiger partial charge is 0.305 e. The summed E-state index contributed by atoms with van der Waals surface area (Å²) < 4.78 is 31.2. The van der Waals surface area contributed by atoms with Gasteiger partial charge in [-0.25, -0.2) is 0 Å². The molecule has 38 heavy (non-hydrogen) atoms. The molecule has 0 bridgehead atoms. The van der Waals surface area contributed by atoms with Crippen LogP contribution in [0.2, 0.25) is 0 Å². The number of unbranched alkanes of at least 4 members (excludes halogenated alkanes) is 6. The predicted molar refractivity (Wildman–Crippen MR) is 132 cm³/mol. The van der Waals surface area contributed by atoms with Crippen molar-refractivity contribution in [1.82, 2.24) is 0 Å². The summed E-state index contributed by atoms with van der Waals surface area (Å²) in [5.74, 6) is -4.61. The van der Waals surface area contributed by atoms with Crippen LogP contribution in [0.1, 0.15) is 92.9 Å². The van der Waals surface area contributed by atoms with Gasteiger partial charge in [-0.3, -0.25) is 28.8 Å². The molecule has 0 aromatic heterocycles. The van der Waals surface area contributed by atoms with Crippen molar-refractivity contribution in [3.8, 4) is 0 Å². The molecule has 0 aromatic rings. The minimum absolute atomic E-state index is 0.134. The third-order valence-electron chi connectivity index (χ3n) is 5.14. The molecular formula is C26H42O12. The van der Waals surface area contributed by atoms with Gasteiger partial charge in [0.2, 0.25) is 0 Å². The number of ether oxygens (including phenoxy) is 6. The van der Waals surface area contributed by atoms with Crippen molar-refractivity contribution >= 4 is 35.8 Å². The summed E-state index contributed by atoms with van der Waals surface area (Å²) >= 11 is 0. The van der Waals surface area contributed by atoms with Crippen LogP contribution >= 0.6 is 0 Å². The van der Waals surface area contributed by atoms with Crippen molar-refractivity contribution in [3.63, 3.8) is 0 Å². The van der Waals surface area contributed by atoms with Crippen molar-refractivity contribution in [2.45, 2.75) is 117 Å². The monoisotopic (exact) mass is 546 g/mol. The Morgan fingerprint density at radius 2 is 0.895 bits per heavy atom. The summed E-state index contributed by atoms with van der Waals surface area (Å²) in [4.78, 5) is 71.1. The van der Waals surface area contributed by atoms with Crippen LogP contribution in [-0.2, 0) is 57.2 Å². The molecule has 12 nitrogen and oxygen atoms in total. The summed E-state index contributed by atoms with van der Waals surface area (Å²) in [5, 5.41) is 0. The fraction of sp³-hybridized carbons (Fsp3) is 0.769. The zero-order chi connectivity index (χ0) is 29.1. The van der Waals surface area contributed by atoms with Crippen LogP contribution in [0.5, 0.6) is 0 Å². The van der Waals surface area contributed by atoms with E-state index in [1.807, 2.05) is 0 Å². The van der Waals surface area contributed by atoms with Gasteiger partial charge in [-0.2, -0.15) is 0 Å². The van der Waals surface area contributed by atoms with E-state index in [-0.39, 0.29) is 6.42 Å². The first kappa shape index (κ1) is 34.8. The Balaban J connectivity index is 5.71. The van der Waals surface area contributed by atoms with Crippen molar-refractivity contribution in [2.24, 2.45) is 0 Å². The fourth-order valence-electron chi connectivity index (χ4n) is 3.58. The zero-order valence-electron chi connectivity index (χ0n) is 23.3. The van der Waals surface area contributed by atoms with Gasteiger partial charge in [0.1, 0.15) is 13.2 Å². The van der Waals surface area contributed by atoms with Crippen LogP contribution in [0.25, 0.3) is 0 Å². The second-order valence-electron chi connectivity index (χ2n) is 8.80.